The number of hydrogen-bond acceptors (Lipinski definition) is 0. The summed E-state index contributed by atoms with van der Waals surface area (Å²) in [6.45, 7) is 7.19. The molecule has 0 fully saturated rings. The Morgan fingerprint density at radius 3 is 2.24 bits per heavy atom. The monoisotopic (exact) mass is 238 g/mol. The van der Waals surface area contributed by atoms with Gasteiger partial charge in [0.2, 0.25) is 0 Å². The Bertz CT molecular complexity index is 391. The van der Waals surface area contributed by atoms with E-state index in [1.807, 2.05) is 0 Å². The molecule has 0 radical (unpaired) electrons. The largest absolute Gasteiger partial charge is 1.00 e. The van der Waals surface area contributed by atoms with Crippen molar-refractivity contribution in [1.82, 2.24) is 0 Å². The number of fused-ring (bicyclic) bond motifs is 1. The van der Waals surface area contributed by atoms with Crippen molar-refractivity contribution in [3.63, 3.8) is 0 Å². The average Bonchev–Trinajstić information content (AvgIpc) is 2.77. The molecule has 1 atom stereocenters. The Balaban J connectivity index is 0.00000144. The zero-order valence-electron chi connectivity index (χ0n) is 12.7. The Morgan fingerprint density at radius 1 is 1.06 bits per heavy atom. The maximum atomic E-state index is 2.48. The molecule has 2 heteroatoms. The summed E-state index contributed by atoms with van der Waals surface area (Å²) in [6, 6.07) is 13.2. The van der Waals surface area contributed by atoms with E-state index in [-0.39, 0.29) is 20.3 Å². The van der Waals surface area contributed by atoms with Crippen LogP contribution in [0.4, 0.5) is 0 Å². The SMILES string of the molecule is CC[Si](CC)(CC)C1C=Cc2ccccc21.[H-].[Li+]. The average molecular weight is 238 g/mol. The van der Waals surface area contributed by atoms with Crippen LogP contribution < -0.4 is 18.9 Å². The molecule has 0 saturated carbocycles. The van der Waals surface area contributed by atoms with Gasteiger partial charge < -0.3 is 1.43 Å². The maximum Gasteiger partial charge on any atom is 1.00 e. The van der Waals surface area contributed by atoms with Crippen molar-refractivity contribution < 1.29 is 20.3 Å². The summed E-state index contributed by atoms with van der Waals surface area (Å²) < 4.78 is 0. The Labute approximate surface area is 120 Å². The van der Waals surface area contributed by atoms with Crippen LogP contribution in [0, 0.1) is 0 Å². The minimum absolute atomic E-state index is 0. The smallest absolute Gasteiger partial charge is 1.00 e. The van der Waals surface area contributed by atoms with Gasteiger partial charge >= 0.3 is 18.9 Å². The molecule has 1 aliphatic rings. The third-order valence-corrected chi connectivity index (χ3v) is 10.6. The van der Waals surface area contributed by atoms with Gasteiger partial charge in [-0.05, 0) is 16.7 Å². The molecule has 0 spiro atoms. The minimum Gasteiger partial charge on any atom is -1.00 e. The topological polar surface area (TPSA) is 0 Å². The van der Waals surface area contributed by atoms with E-state index in [1.165, 1.54) is 23.7 Å². The van der Waals surface area contributed by atoms with E-state index in [1.54, 1.807) is 5.56 Å². The molecule has 0 aromatic heterocycles. The molecule has 1 aromatic rings. The van der Waals surface area contributed by atoms with E-state index in [0.29, 0.717) is 0 Å². The van der Waals surface area contributed by atoms with Crippen molar-refractivity contribution in [2.75, 3.05) is 0 Å². The van der Waals surface area contributed by atoms with Crippen molar-refractivity contribution in [2.45, 2.75) is 44.4 Å². The van der Waals surface area contributed by atoms with Gasteiger partial charge in [0.1, 0.15) is 0 Å². The van der Waals surface area contributed by atoms with Crippen LogP contribution in [0.15, 0.2) is 30.3 Å². The van der Waals surface area contributed by atoms with Crippen molar-refractivity contribution in [2.24, 2.45) is 0 Å². The molecule has 17 heavy (non-hydrogen) atoms. The summed E-state index contributed by atoms with van der Waals surface area (Å²) in [5.41, 5.74) is 3.82. The summed E-state index contributed by atoms with van der Waals surface area (Å²) >= 11 is 0. The molecular formula is C15H23LiSi. The van der Waals surface area contributed by atoms with Crippen LogP contribution in [-0.4, -0.2) is 8.07 Å². The second-order valence-electron chi connectivity index (χ2n) is 4.89. The van der Waals surface area contributed by atoms with E-state index in [9.17, 15) is 0 Å². The van der Waals surface area contributed by atoms with Gasteiger partial charge in [0.05, 0.1) is 8.07 Å². The molecule has 0 saturated heterocycles. The molecule has 0 nitrogen and oxygen atoms in total. The predicted octanol–water partition coefficient (Wildman–Crippen LogP) is 1.96. The van der Waals surface area contributed by atoms with Crippen LogP contribution >= 0.6 is 0 Å². The molecule has 0 N–H and O–H groups in total. The van der Waals surface area contributed by atoms with Crippen molar-refractivity contribution in [3.05, 3.63) is 41.5 Å². The van der Waals surface area contributed by atoms with E-state index in [4.69, 9.17) is 0 Å². The van der Waals surface area contributed by atoms with Crippen LogP contribution in [0.5, 0.6) is 0 Å². The van der Waals surface area contributed by atoms with Crippen LogP contribution in [-0.2, 0) is 0 Å². The first-order valence-electron chi connectivity index (χ1n) is 6.54. The number of allylic oxidation sites excluding steroid dienone is 1. The van der Waals surface area contributed by atoms with Crippen LogP contribution in [0.2, 0.25) is 18.1 Å². The van der Waals surface area contributed by atoms with Gasteiger partial charge in [-0.15, -0.1) is 0 Å². The van der Waals surface area contributed by atoms with Crippen LogP contribution in [0.25, 0.3) is 6.08 Å². The fourth-order valence-corrected chi connectivity index (χ4v) is 7.44. The number of benzene rings is 1. The zero-order valence-corrected chi connectivity index (χ0v) is 12.7. The van der Waals surface area contributed by atoms with E-state index >= 15 is 0 Å². The number of hydrogen-bond donors (Lipinski definition) is 0. The quantitative estimate of drug-likeness (QED) is 0.704. The summed E-state index contributed by atoms with van der Waals surface area (Å²) in [5.74, 6) is 0. The predicted molar refractivity (Wildman–Crippen MR) is 76.5 cm³/mol. The minimum atomic E-state index is -1.12. The summed E-state index contributed by atoms with van der Waals surface area (Å²) in [5, 5.41) is 0. The maximum absolute atomic E-state index is 2.48. The van der Waals surface area contributed by atoms with Gasteiger partial charge in [-0.25, -0.2) is 0 Å². The molecule has 1 aromatic carbocycles. The molecule has 88 valence electrons. The molecule has 1 aliphatic carbocycles. The van der Waals surface area contributed by atoms with Crippen molar-refractivity contribution in [3.8, 4) is 0 Å². The Kier molecular flexibility index (Phi) is 5.32. The molecular weight excluding hydrogens is 215 g/mol. The summed E-state index contributed by atoms with van der Waals surface area (Å²) in [4.78, 5) is 0. The third-order valence-electron chi connectivity index (χ3n) is 4.57. The fraction of sp³-hybridized carbons (Fsp3) is 0.467. The van der Waals surface area contributed by atoms with Gasteiger partial charge in [-0.3, -0.25) is 0 Å². The van der Waals surface area contributed by atoms with Crippen molar-refractivity contribution in [1.29, 1.82) is 0 Å². The second-order valence-corrected chi connectivity index (χ2v) is 10.4. The summed E-state index contributed by atoms with van der Waals surface area (Å²) in [7, 11) is -1.12. The Morgan fingerprint density at radius 2 is 1.65 bits per heavy atom. The summed E-state index contributed by atoms with van der Waals surface area (Å²) in [6.07, 6.45) is 4.82. The van der Waals surface area contributed by atoms with Gasteiger partial charge in [0, 0.05) is 0 Å². The van der Waals surface area contributed by atoms with E-state index < -0.39 is 8.07 Å². The molecule has 0 aliphatic heterocycles. The first-order chi connectivity index (χ1) is 7.77. The van der Waals surface area contributed by atoms with Gasteiger partial charge in [-0.1, -0.05) is 75.3 Å². The van der Waals surface area contributed by atoms with Gasteiger partial charge in [0.15, 0.2) is 0 Å². The standard InChI is InChI=1S/C15H22Si.Li.H/c1-4-16(5-2,6-3)15-12-11-13-9-7-8-10-14(13)15;;/h7-12,15H,4-6H2,1-3H3;;/q;+1;-1. The van der Waals surface area contributed by atoms with Crippen LogP contribution in [0.3, 0.4) is 0 Å². The van der Waals surface area contributed by atoms with Gasteiger partial charge in [-0.2, -0.15) is 0 Å². The first-order valence-corrected chi connectivity index (χ1v) is 9.24. The van der Waals surface area contributed by atoms with E-state index in [2.05, 4.69) is 57.2 Å². The molecule has 1 unspecified atom stereocenters. The third kappa shape index (κ3) is 2.47. The number of rotatable bonds is 4. The molecule has 0 heterocycles. The first kappa shape index (κ1) is 14.8. The van der Waals surface area contributed by atoms with Crippen molar-refractivity contribution >= 4 is 14.1 Å². The van der Waals surface area contributed by atoms with Crippen LogP contribution in [0.1, 0.15) is 38.9 Å². The normalized spacial score (nSPS) is 17.7. The zero-order chi connectivity index (χ0) is 11.6. The van der Waals surface area contributed by atoms with E-state index in [0.717, 1.165) is 5.54 Å². The Hall–Kier alpha value is -0.226. The second kappa shape index (κ2) is 6.09. The van der Waals surface area contributed by atoms with Gasteiger partial charge in [0.25, 0.3) is 0 Å². The molecule has 0 bridgehead atoms. The molecule has 2 rings (SSSR count). The fourth-order valence-electron chi connectivity index (χ4n) is 3.19. The molecule has 0 amide bonds.